The number of benzene rings is 4. The second-order valence-corrected chi connectivity index (χ2v) is 11.5. The number of hydrogen-bond acceptors (Lipinski definition) is 8. The van der Waals surface area contributed by atoms with Crippen LogP contribution in [0.2, 0.25) is 0 Å². The first kappa shape index (κ1) is 36.1. The van der Waals surface area contributed by atoms with Crippen molar-refractivity contribution in [3.05, 3.63) is 144 Å². The van der Waals surface area contributed by atoms with E-state index in [0.29, 0.717) is 45.6 Å². The Balaban J connectivity index is 1.18. The maximum atomic E-state index is 6.05. The minimum absolute atomic E-state index is 0.191. The number of methoxy groups -OCH3 is 1. The molecule has 2 unspecified atom stereocenters. The molecule has 4 aromatic carbocycles. The molecule has 48 heavy (non-hydrogen) atoms. The molecule has 4 rings (SSSR count). The van der Waals surface area contributed by atoms with Gasteiger partial charge >= 0.3 is 0 Å². The highest BCUT2D eigenvalue weighted by molar-refractivity contribution is 5.47. The zero-order valence-electron chi connectivity index (χ0n) is 28.3. The van der Waals surface area contributed by atoms with Crippen LogP contribution in [-0.4, -0.2) is 59.2 Å². The minimum atomic E-state index is -0.302. The highest BCUT2D eigenvalue weighted by Crippen LogP contribution is 2.18. The number of aryl methyl sites for hydroxylation is 2. The van der Waals surface area contributed by atoms with Crippen LogP contribution in [0.25, 0.3) is 0 Å². The summed E-state index contributed by atoms with van der Waals surface area (Å²) in [5.41, 5.74) is 6.74. The van der Waals surface area contributed by atoms with Gasteiger partial charge in [-0.3, -0.25) is 0 Å². The molecule has 0 bridgehead atoms. The van der Waals surface area contributed by atoms with Crippen LogP contribution in [0.3, 0.4) is 0 Å². The van der Waals surface area contributed by atoms with Crippen molar-refractivity contribution in [1.29, 1.82) is 0 Å². The monoisotopic (exact) mass is 652 g/mol. The first-order valence-electron chi connectivity index (χ1n) is 16.1. The van der Waals surface area contributed by atoms with E-state index in [1.54, 1.807) is 13.2 Å². The van der Waals surface area contributed by atoms with E-state index in [9.17, 15) is 0 Å². The lowest BCUT2D eigenvalue weighted by atomic mass is 10.0. The van der Waals surface area contributed by atoms with Crippen molar-refractivity contribution < 1.29 is 28.4 Å². The Bertz CT molecular complexity index is 1510. The Morgan fingerprint density at radius 2 is 1.06 bits per heavy atom. The lowest BCUT2D eigenvalue weighted by molar-refractivity contribution is -0.0182. The molecule has 2 N–H and O–H groups in total. The fraction of sp³-hybridized carbons (Fsp3) is 0.300. The second-order valence-electron chi connectivity index (χ2n) is 11.5. The van der Waals surface area contributed by atoms with Gasteiger partial charge in [0.25, 0.3) is 0 Å². The van der Waals surface area contributed by atoms with Crippen molar-refractivity contribution in [2.45, 2.75) is 32.5 Å². The average Bonchev–Trinajstić information content (AvgIpc) is 3.10. The summed E-state index contributed by atoms with van der Waals surface area (Å²) in [7, 11) is 1.66. The molecule has 0 spiro atoms. The van der Waals surface area contributed by atoms with Gasteiger partial charge in [0.2, 0.25) is 0 Å². The quantitative estimate of drug-likeness (QED) is 0.0504. The molecule has 0 aliphatic carbocycles. The third kappa shape index (κ3) is 13.2. The van der Waals surface area contributed by atoms with Gasteiger partial charge in [-0.15, -0.1) is 0 Å². The van der Waals surface area contributed by atoms with Crippen LogP contribution >= 0.6 is 0 Å². The Kier molecular flexibility index (Phi) is 14.9. The first-order valence-corrected chi connectivity index (χ1v) is 16.1. The highest BCUT2D eigenvalue weighted by Gasteiger charge is 2.13. The van der Waals surface area contributed by atoms with E-state index in [1.165, 1.54) is 22.3 Å². The summed E-state index contributed by atoms with van der Waals surface area (Å²) in [4.78, 5) is 0. The summed E-state index contributed by atoms with van der Waals surface area (Å²) < 4.78 is 34.8. The van der Waals surface area contributed by atoms with Crippen molar-refractivity contribution in [2.75, 3.05) is 57.6 Å². The summed E-state index contributed by atoms with van der Waals surface area (Å²) >= 11 is 0. The van der Waals surface area contributed by atoms with Crippen LogP contribution in [0.4, 0.5) is 11.4 Å². The number of allylic oxidation sites excluding steroid dienone is 1. The SMILES string of the molecule is C=CC(=C)OCC(COc1ccc(C)cc1)OCNc1ccc(Cc2ccc(NCOC(COC)COc3ccc(C)cc3)cc2)cc1. The van der Waals surface area contributed by atoms with Crippen molar-refractivity contribution in [3.63, 3.8) is 0 Å². The van der Waals surface area contributed by atoms with Gasteiger partial charge in [0, 0.05) is 18.5 Å². The molecule has 8 nitrogen and oxygen atoms in total. The molecular formula is C40H48N2O6. The molecule has 0 fully saturated rings. The highest BCUT2D eigenvalue weighted by atomic mass is 16.6. The number of hydrogen-bond donors (Lipinski definition) is 2. The summed E-state index contributed by atoms with van der Waals surface area (Å²) in [5, 5.41) is 6.64. The van der Waals surface area contributed by atoms with Gasteiger partial charge in [-0.1, -0.05) is 72.8 Å². The number of nitrogens with one attached hydrogen (secondary N) is 2. The first-order chi connectivity index (χ1) is 23.4. The Hall–Kier alpha value is -4.76. The average molecular weight is 653 g/mol. The van der Waals surface area contributed by atoms with Crippen molar-refractivity contribution in [2.24, 2.45) is 0 Å². The zero-order valence-corrected chi connectivity index (χ0v) is 28.3. The number of ether oxygens (including phenoxy) is 6. The third-order valence-corrected chi connectivity index (χ3v) is 7.46. The Morgan fingerprint density at radius 1 is 0.625 bits per heavy atom. The van der Waals surface area contributed by atoms with Gasteiger partial charge in [-0.2, -0.15) is 0 Å². The van der Waals surface area contributed by atoms with Crippen LogP contribution in [0, 0.1) is 13.8 Å². The molecule has 0 saturated carbocycles. The molecule has 0 radical (unpaired) electrons. The fourth-order valence-electron chi connectivity index (χ4n) is 4.58. The lowest BCUT2D eigenvalue weighted by Gasteiger charge is -2.20. The normalized spacial score (nSPS) is 12.1. The van der Waals surface area contributed by atoms with Gasteiger partial charge in [-0.05, 0) is 86.0 Å². The van der Waals surface area contributed by atoms with Gasteiger partial charge < -0.3 is 39.1 Å². The smallest absolute Gasteiger partial charge is 0.128 e. The van der Waals surface area contributed by atoms with Gasteiger partial charge in [0.15, 0.2) is 0 Å². The van der Waals surface area contributed by atoms with Gasteiger partial charge in [0.05, 0.1) is 6.61 Å². The van der Waals surface area contributed by atoms with E-state index in [1.807, 2.05) is 55.5 Å². The molecular weight excluding hydrogens is 604 g/mol. The van der Waals surface area contributed by atoms with E-state index in [0.717, 1.165) is 29.3 Å². The van der Waals surface area contributed by atoms with Crippen molar-refractivity contribution in [3.8, 4) is 11.5 Å². The summed E-state index contributed by atoms with van der Waals surface area (Å²) in [6.45, 7) is 13.7. The standard InChI is InChI=1S/C40H48N2O6/c1-6-32(4)44-25-40(27-46-38-21-9-31(3)10-22-38)48-29-42-36-17-13-34(14-18-36)23-33-11-15-35(16-12-33)41-28-47-39(24-43-5)26-45-37-19-7-30(2)8-20-37/h6-22,39-42H,1,4,23-29H2,2-3,5H3. The lowest BCUT2D eigenvalue weighted by Crippen LogP contribution is -2.29. The summed E-state index contributed by atoms with van der Waals surface area (Å²) in [6, 6.07) is 32.6. The maximum Gasteiger partial charge on any atom is 0.128 e. The van der Waals surface area contributed by atoms with Crippen LogP contribution < -0.4 is 20.1 Å². The molecule has 254 valence electrons. The Morgan fingerprint density at radius 3 is 1.48 bits per heavy atom. The largest absolute Gasteiger partial charge is 0.491 e. The predicted molar refractivity (Wildman–Crippen MR) is 193 cm³/mol. The van der Waals surface area contributed by atoms with Crippen molar-refractivity contribution >= 4 is 11.4 Å². The van der Waals surface area contributed by atoms with Gasteiger partial charge in [-0.25, -0.2) is 0 Å². The zero-order chi connectivity index (χ0) is 34.0. The van der Waals surface area contributed by atoms with E-state index in [-0.39, 0.29) is 12.2 Å². The molecule has 0 aliphatic rings. The molecule has 2 atom stereocenters. The maximum absolute atomic E-state index is 6.05. The van der Waals surface area contributed by atoms with Crippen LogP contribution in [0.1, 0.15) is 22.3 Å². The van der Waals surface area contributed by atoms with Crippen LogP contribution in [0.5, 0.6) is 11.5 Å². The fourth-order valence-corrected chi connectivity index (χ4v) is 4.58. The minimum Gasteiger partial charge on any atom is -0.491 e. The molecule has 0 aliphatic heterocycles. The Labute approximate surface area is 285 Å². The van der Waals surface area contributed by atoms with Crippen LogP contribution in [0.15, 0.2) is 122 Å². The molecule has 0 heterocycles. The molecule has 0 aromatic heterocycles. The van der Waals surface area contributed by atoms with E-state index in [4.69, 9.17) is 28.4 Å². The molecule has 4 aromatic rings. The van der Waals surface area contributed by atoms with Gasteiger partial charge in [0.1, 0.15) is 62.7 Å². The summed E-state index contributed by atoms with van der Waals surface area (Å²) in [6.07, 6.45) is 1.90. The number of anilines is 2. The molecule has 0 amide bonds. The van der Waals surface area contributed by atoms with Crippen molar-refractivity contribution in [1.82, 2.24) is 0 Å². The predicted octanol–water partition coefficient (Wildman–Crippen LogP) is 7.92. The number of rotatable bonds is 22. The molecule has 8 heteroatoms. The topological polar surface area (TPSA) is 79.4 Å². The van der Waals surface area contributed by atoms with E-state index >= 15 is 0 Å². The van der Waals surface area contributed by atoms with E-state index < -0.39 is 0 Å². The van der Waals surface area contributed by atoms with Crippen LogP contribution in [-0.2, 0) is 25.4 Å². The third-order valence-electron chi connectivity index (χ3n) is 7.46. The molecule has 0 saturated heterocycles. The second kappa shape index (κ2) is 19.8. The summed E-state index contributed by atoms with van der Waals surface area (Å²) in [5.74, 6) is 2.09. The van der Waals surface area contributed by atoms with E-state index in [2.05, 4.69) is 79.2 Å².